The Labute approximate surface area is 86.0 Å². The molecular weight excluding hydrogens is 194 g/mol. The molecule has 0 fully saturated rings. The number of hydrogen-bond acceptors (Lipinski definition) is 6. The molecular formula is C8H11N7. The molecule has 7 heteroatoms. The smallest absolute Gasteiger partial charge is 0.229 e. The van der Waals surface area contributed by atoms with Crippen molar-refractivity contribution in [3.63, 3.8) is 0 Å². The van der Waals surface area contributed by atoms with Gasteiger partial charge < -0.3 is 21.8 Å². The van der Waals surface area contributed by atoms with Crippen molar-refractivity contribution in [1.29, 1.82) is 0 Å². The fourth-order valence-electron chi connectivity index (χ4n) is 1.14. The molecule has 6 N–H and O–H groups in total. The van der Waals surface area contributed by atoms with Crippen molar-refractivity contribution in [3.05, 3.63) is 24.0 Å². The van der Waals surface area contributed by atoms with Gasteiger partial charge in [-0.1, -0.05) is 0 Å². The minimum absolute atomic E-state index is 0.110. The van der Waals surface area contributed by atoms with Gasteiger partial charge in [0, 0.05) is 18.9 Å². The van der Waals surface area contributed by atoms with E-state index in [2.05, 4.69) is 25.3 Å². The minimum atomic E-state index is 0.110. The molecule has 0 aromatic carbocycles. The summed E-state index contributed by atoms with van der Waals surface area (Å²) in [5.74, 6) is 0.597. The van der Waals surface area contributed by atoms with Gasteiger partial charge in [-0.05, 0) is 11.6 Å². The quantitative estimate of drug-likeness (QED) is 0.559. The molecule has 0 aliphatic heterocycles. The summed E-state index contributed by atoms with van der Waals surface area (Å²) >= 11 is 0. The minimum Gasteiger partial charge on any atom is -0.368 e. The van der Waals surface area contributed by atoms with E-state index in [0.29, 0.717) is 12.5 Å². The number of rotatable bonds is 3. The highest BCUT2D eigenvalue weighted by molar-refractivity contribution is 5.37. The van der Waals surface area contributed by atoms with Gasteiger partial charge in [-0.2, -0.15) is 15.0 Å². The molecule has 2 aromatic rings. The summed E-state index contributed by atoms with van der Waals surface area (Å²) < 4.78 is 0. The fourth-order valence-corrected chi connectivity index (χ4v) is 1.14. The maximum Gasteiger partial charge on any atom is 0.229 e. The van der Waals surface area contributed by atoms with Crippen molar-refractivity contribution < 1.29 is 0 Å². The number of nitrogens with one attached hydrogen (secondary N) is 2. The van der Waals surface area contributed by atoms with Gasteiger partial charge >= 0.3 is 0 Å². The molecule has 0 amide bonds. The van der Waals surface area contributed by atoms with Crippen LogP contribution in [-0.4, -0.2) is 19.9 Å². The van der Waals surface area contributed by atoms with E-state index in [-0.39, 0.29) is 11.9 Å². The second-order valence-corrected chi connectivity index (χ2v) is 2.95. The summed E-state index contributed by atoms with van der Waals surface area (Å²) in [6, 6.07) is 1.95. The predicted octanol–water partition coefficient (Wildman–Crippen LogP) is -0.0238. The number of hydrogen-bond donors (Lipinski definition) is 4. The van der Waals surface area contributed by atoms with Gasteiger partial charge in [0.05, 0.1) is 0 Å². The Morgan fingerprint density at radius 2 is 1.93 bits per heavy atom. The molecule has 0 aliphatic rings. The van der Waals surface area contributed by atoms with Crippen LogP contribution >= 0.6 is 0 Å². The van der Waals surface area contributed by atoms with Crippen LogP contribution in [0.4, 0.5) is 17.8 Å². The largest absolute Gasteiger partial charge is 0.368 e. The van der Waals surface area contributed by atoms with Gasteiger partial charge in [-0.25, -0.2) is 0 Å². The Kier molecular flexibility index (Phi) is 2.36. The first kappa shape index (κ1) is 9.25. The maximum atomic E-state index is 5.42. The lowest BCUT2D eigenvalue weighted by Crippen LogP contribution is -2.08. The molecule has 0 aliphatic carbocycles. The number of anilines is 3. The normalized spacial score (nSPS) is 10.1. The summed E-state index contributed by atoms with van der Waals surface area (Å²) in [7, 11) is 0. The highest BCUT2D eigenvalue weighted by Gasteiger charge is 2.00. The van der Waals surface area contributed by atoms with E-state index in [9.17, 15) is 0 Å². The second-order valence-electron chi connectivity index (χ2n) is 2.95. The Hall–Kier alpha value is -2.31. The monoisotopic (exact) mass is 205 g/mol. The van der Waals surface area contributed by atoms with Crippen LogP contribution in [0.2, 0.25) is 0 Å². The molecule has 0 unspecified atom stereocenters. The molecule has 7 nitrogen and oxygen atoms in total. The topological polar surface area (TPSA) is 119 Å². The van der Waals surface area contributed by atoms with Crippen LogP contribution in [0.25, 0.3) is 0 Å². The van der Waals surface area contributed by atoms with Crippen molar-refractivity contribution in [3.8, 4) is 0 Å². The zero-order valence-corrected chi connectivity index (χ0v) is 7.94. The lowest BCUT2D eigenvalue weighted by Gasteiger charge is -2.03. The number of aromatic amines is 1. The molecule has 0 saturated heterocycles. The van der Waals surface area contributed by atoms with Gasteiger partial charge in [0.2, 0.25) is 17.8 Å². The summed E-state index contributed by atoms with van der Waals surface area (Å²) in [6.45, 7) is 0.604. The molecule has 0 saturated carbocycles. The first-order valence-electron chi connectivity index (χ1n) is 4.36. The zero-order chi connectivity index (χ0) is 10.7. The Bertz CT molecular complexity index is 416. The van der Waals surface area contributed by atoms with Crippen molar-refractivity contribution in [2.45, 2.75) is 6.54 Å². The first-order valence-corrected chi connectivity index (χ1v) is 4.36. The number of H-pyrrole nitrogens is 1. The van der Waals surface area contributed by atoms with Crippen LogP contribution in [0.1, 0.15) is 5.56 Å². The second kappa shape index (κ2) is 3.82. The van der Waals surface area contributed by atoms with E-state index >= 15 is 0 Å². The molecule has 0 spiro atoms. The zero-order valence-electron chi connectivity index (χ0n) is 7.94. The van der Waals surface area contributed by atoms with Crippen LogP contribution in [0.3, 0.4) is 0 Å². The Balaban J connectivity index is 2.05. The maximum absolute atomic E-state index is 5.42. The lowest BCUT2D eigenvalue weighted by atomic mass is 10.3. The standard InChI is InChI=1S/C8H11N7/c9-6-13-7(10)15-8(14-6)12-4-5-1-2-11-3-5/h1-3,11H,4H2,(H5,9,10,12,13,14,15). The van der Waals surface area contributed by atoms with E-state index < -0.39 is 0 Å². The number of nitrogens with two attached hydrogens (primary N) is 2. The van der Waals surface area contributed by atoms with Gasteiger partial charge in [0.1, 0.15) is 0 Å². The molecule has 2 aromatic heterocycles. The van der Waals surface area contributed by atoms with E-state index in [1.54, 1.807) is 0 Å². The van der Waals surface area contributed by atoms with Crippen molar-refractivity contribution in [2.24, 2.45) is 0 Å². The van der Waals surface area contributed by atoms with Crippen LogP contribution in [0.5, 0.6) is 0 Å². The van der Waals surface area contributed by atoms with Gasteiger partial charge in [-0.15, -0.1) is 0 Å². The molecule has 15 heavy (non-hydrogen) atoms. The fraction of sp³-hybridized carbons (Fsp3) is 0.125. The number of nitrogen functional groups attached to an aromatic ring is 2. The predicted molar refractivity (Wildman–Crippen MR) is 56.8 cm³/mol. The van der Waals surface area contributed by atoms with Gasteiger partial charge in [0.15, 0.2) is 0 Å². The molecule has 78 valence electrons. The number of nitrogens with zero attached hydrogens (tertiary/aromatic N) is 3. The average Bonchev–Trinajstić information content (AvgIpc) is 2.65. The summed E-state index contributed by atoms with van der Waals surface area (Å²) in [4.78, 5) is 14.4. The van der Waals surface area contributed by atoms with E-state index in [1.165, 1.54) is 0 Å². The summed E-state index contributed by atoms with van der Waals surface area (Å²) in [5, 5.41) is 2.99. The first-order chi connectivity index (χ1) is 7.24. The van der Waals surface area contributed by atoms with Crippen LogP contribution in [-0.2, 0) is 6.54 Å². The molecule has 2 rings (SSSR count). The highest BCUT2D eigenvalue weighted by Crippen LogP contribution is 2.05. The number of aromatic nitrogens is 4. The SMILES string of the molecule is Nc1nc(N)nc(NCc2cc[nH]c2)n1. The summed E-state index contributed by atoms with van der Waals surface area (Å²) in [5.41, 5.74) is 11.9. The van der Waals surface area contributed by atoms with Gasteiger partial charge in [-0.3, -0.25) is 0 Å². The molecule has 0 bridgehead atoms. The Morgan fingerprint density at radius 3 is 2.53 bits per heavy atom. The molecule has 0 atom stereocenters. The summed E-state index contributed by atoms with van der Waals surface area (Å²) in [6.07, 6.45) is 3.72. The molecule has 2 heterocycles. The molecule has 0 radical (unpaired) electrons. The van der Waals surface area contributed by atoms with Crippen molar-refractivity contribution in [2.75, 3.05) is 16.8 Å². The van der Waals surface area contributed by atoms with Crippen LogP contribution in [0, 0.1) is 0 Å². The lowest BCUT2D eigenvalue weighted by molar-refractivity contribution is 1.02. The third-order valence-corrected chi connectivity index (χ3v) is 1.78. The Morgan fingerprint density at radius 1 is 1.20 bits per heavy atom. The van der Waals surface area contributed by atoms with E-state index in [1.807, 2.05) is 18.5 Å². The van der Waals surface area contributed by atoms with E-state index in [0.717, 1.165) is 5.56 Å². The highest BCUT2D eigenvalue weighted by atomic mass is 15.2. The third kappa shape index (κ3) is 2.33. The van der Waals surface area contributed by atoms with Gasteiger partial charge in [0.25, 0.3) is 0 Å². The van der Waals surface area contributed by atoms with Crippen LogP contribution < -0.4 is 16.8 Å². The third-order valence-electron chi connectivity index (χ3n) is 1.78. The van der Waals surface area contributed by atoms with Crippen molar-refractivity contribution >= 4 is 17.8 Å². The van der Waals surface area contributed by atoms with E-state index in [4.69, 9.17) is 11.5 Å². The van der Waals surface area contributed by atoms with Crippen LogP contribution in [0.15, 0.2) is 18.5 Å². The average molecular weight is 205 g/mol. The van der Waals surface area contributed by atoms with Crippen molar-refractivity contribution in [1.82, 2.24) is 19.9 Å².